The number of fused-ring (bicyclic) bond motifs is 8. The summed E-state index contributed by atoms with van der Waals surface area (Å²) in [7, 11) is 0. The van der Waals surface area contributed by atoms with E-state index in [4.69, 9.17) is 29.0 Å². The van der Waals surface area contributed by atoms with Crippen LogP contribution in [0.1, 0.15) is 115 Å². The number of ketones is 2. The number of rotatable bonds is 9. The summed E-state index contributed by atoms with van der Waals surface area (Å²) < 4.78 is 14.7. The number of carbonyl (C=O) groups excluding carboxylic acids is 2. The van der Waals surface area contributed by atoms with Gasteiger partial charge >= 0.3 is 0 Å². The third-order valence-electron chi connectivity index (χ3n) is 13.5. The van der Waals surface area contributed by atoms with Crippen molar-refractivity contribution in [3.63, 3.8) is 0 Å². The van der Waals surface area contributed by atoms with Gasteiger partial charge < -0.3 is 29.0 Å². The average molecular weight is 1490 g/mol. The largest absolute Gasteiger partial charge is 0.512 e. The Kier molecular flexibility index (Phi) is 20.9. The Balaban J connectivity index is 0.000000191. The summed E-state index contributed by atoms with van der Waals surface area (Å²) in [4.78, 5) is 41.3. The van der Waals surface area contributed by atoms with Gasteiger partial charge in [0.2, 0.25) is 11.4 Å². The van der Waals surface area contributed by atoms with E-state index < -0.39 is 0 Å². The molecule has 83 heavy (non-hydrogen) atoms. The van der Waals surface area contributed by atoms with Gasteiger partial charge in [-0.2, -0.15) is 0 Å². The molecule has 12 aromatic rings. The average Bonchev–Trinajstić information content (AvgIpc) is 4.29. The minimum Gasteiger partial charge on any atom is -0.512 e. The van der Waals surface area contributed by atoms with Crippen molar-refractivity contribution in [2.45, 2.75) is 101 Å². The molecule has 14 heteroatoms. The molecule has 0 unspecified atom stereocenters. The molecule has 0 saturated carbocycles. The third-order valence-corrected chi connectivity index (χ3v) is 15.7. The molecule has 4 aromatic carbocycles. The van der Waals surface area contributed by atoms with Crippen LogP contribution >= 0.6 is 22.7 Å². The smallest absolute Gasteiger partial charge is 0.216 e. The predicted octanol–water partition coefficient (Wildman–Crippen LogP) is 19.5. The quantitative estimate of drug-likeness (QED) is 0.0811. The molecule has 0 aliphatic carbocycles. The summed E-state index contributed by atoms with van der Waals surface area (Å²) in [5.74, 6) is 1.33. The second-order valence-corrected chi connectivity index (χ2v) is 23.3. The Bertz CT molecular complexity index is 4310. The van der Waals surface area contributed by atoms with Gasteiger partial charge in [0.25, 0.3) is 0 Å². The van der Waals surface area contributed by atoms with Gasteiger partial charge in [0.15, 0.2) is 11.6 Å². The zero-order valence-electron chi connectivity index (χ0n) is 48.3. The second-order valence-electron chi connectivity index (χ2n) is 21.1. The van der Waals surface area contributed by atoms with Crippen LogP contribution in [-0.2, 0) is 49.8 Å². The number of thiophene rings is 2. The molecule has 0 atom stereocenters. The van der Waals surface area contributed by atoms with Crippen molar-refractivity contribution in [2.75, 3.05) is 0 Å². The number of aliphatic hydroxyl groups is 2. The number of furan rings is 2. The molecule has 0 spiro atoms. The molecule has 0 amide bonds. The van der Waals surface area contributed by atoms with Crippen LogP contribution in [0.3, 0.4) is 0 Å². The molecule has 0 fully saturated rings. The minimum absolute atomic E-state index is 0. The predicted molar refractivity (Wildman–Crippen MR) is 335 cm³/mol. The topological polar surface area (TPSA) is 152 Å². The first kappa shape index (κ1) is 63.3. The first-order valence-electron chi connectivity index (χ1n) is 26.9. The van der Waals surface area contributed by atoms with E-state index in [1.807, 2.05) is 74.0 Å². The maximum absolute atomic E-state index is 10.0. The number of hydrogen-bond donors (Lipinski definition) is 2. The van der Waals surface area contributed by atoms with E-state index in [-0.39, 0.29) is 63.3 Å². The van der Waals surface area contributed by atoms with Crippen molar-refractivity contribution < 1.29 is 68.8 Å². The molecule has 12 rings (SSSR count). The molecule has 10 nitrogen and oxygen atoms in total. The van der Waals surface area contributed by atoms with Gasteiger partial charge in [-0.15, -0.1) is 59.1 Å². The first-order valence-corrected chi connectivity index (χ1v) is 28.6. The zero-order valence-corrected chi connectivity index (χ0v) is 54.7. The summed E-state index contributed by atoms with van der Waals surface area (Å²) in [6, 6.07) is 47.3. The fourth-order valence-corrected chi connectivity index (χ4v) is 11.8. The molecule has 8 heterocycles. The van der Waals surface area contributed by atoms with Crippen molar-refractivity contribution in [3.05, 3.63) is 192 Å². The van der Waals surface area contributed by atoms with Crippen molar-refractivity contribution in [1.29, 1.82) is 0 Å². The minimum atomic E-state index is -0.125. The van der Waals surface area contributed by atoms with Gasteiger partial charge in [-0.25, -0.2) is 9.97 Å². The number of carbonyl (C=O) groups is 2. The van der Waals surface area contributed by atoms with Gasteiger partial charge in [-0.1, -0.05) is 118 Å². The molecule has 2 radical (unpaired) electrons. The van der Waals surface area contributed by atoms with E-state index in [1.54, 1.807) is 11.3 Å². The number of benzene rings is 4. The Morgan fingerprint density at radius 3 is 1.37 bits per heavy atom. The molecular weight excluding hydrogens is 1430 g/mol. The SMILES string of the molecule is CC(=O)C=C(C)O.CC(=O)C=C(C)O.Cc1ccc2c(n1)oc1c(-c3cc4cc(-c5c(C(C)C)cccc5C(C)C)sc4cn3)[c-]ccc12.Cc1ccc2c(n1)oc1c(-c3cc4cc(-c5ccc(C(C)C)cc5)sc4cn3)[c-]ccc12.[Ir].[Ir]. The zero-order chi connectivity index (χ0) is 57.8. The summed E-state index contributed by atoms with van der Waals surface area (Å²) in [6.07, 6.45) is 6.28. The van der Waals surface area contributed by atoms with Gasteiger partial charge in [0.1, 0.15) is 0 Å². The Labute approximate surface area is 519 Å². The summed E-state index contributed by atoms with van der Waals surface area (Å²) in [6.45, 7) is 23.2. The van der Waals surface area contributed by atoms with Gasteiger partial charge in [0.05, 0.1) is 32.1 Å². The summed E-state index contributed by atoms with van der Waals surface area (Å²) in [5.41, 5.74) is 15.0. The van der Waals surface area contributed by atoms with Crippen LogP contribution < -0.4 is 0 Å². The fraction of sp³-hybridized carbons (Fsp3) is 0.217. The molecule has 8 aromatic heterocycles. The third kappa shape index (κ3) is 14.6. The monoisotopic (exact) mass is 1490 g/mol. The van der Waals surface area contributed by atoms with Crippen LogP contribution in [0.5, 0.6) is 0 Å². The Hall–Kier alpha value is -7.28. The number of hydrogen-bond acceptors (Lipinski definition) is 12. The normalized spacial score (nSPS) is 11.6. The van der Waals surface area contributed by atoms with Crippen LogP contribution in [0.25, 0.3) is 108 Å². The standard InChI is InChI=1S/C31H27N2OS.C28H21N2OS.2C5H8O2.2Ir/c1-17(2)21-8-6-9-22(18(3)4)29(21)27-15-20-14-26(32-16-28(20)35-27)25-11-7-10-23-24-13-12-19(5)33-31(24)34-30(23)25;1-16(2)18-8-10-19(11-9-18)25-14-20-13-24(29-15-26(20)32-25)23-6-4-5-21-22-12-7-17(3)30-28(22)31-27(21)23;2*1-4(6)3-5(2)7;;/h6-10,12-18H,1-5H3;4-5,7-16H,1-3H3;2*3,6H,1-2H3;;/q2*-1;;;;. The number of nitrogens with zero attached hydrogens (tertiary/aromatic N) is 4. The molecule has 2 N–H and O–H groups in total. The van der Waals surface area contributed by atoms with Crippen molar-refractivity contribution in [3.8, 4) is 43.4 Å². The van der Waals surface area contributed by atoms with E-state index in [0.29, 0.717) is 29.2 Å². The molecular formula is C69H64Ir2N4O6S2-2. The van der Waals surface area contributed by atoms with E-state index in [0.717, 1.165) is 66.6 Å². The summed E-state index contributed by atoms with van der Waals surface area (Å²) in [5, 5.41) is 23.2. The van der Waals surface area contributed by atoms with Crippen LogP contribution in [0.4, 0.5) is 0 Å². The van der Waals surface area contributed by atoms with Crippen LogP contribution in [0.2, 0.25) is 0 Å². The van der Waals surface area contributed by atoms with Gasteiger partial charge in [0, 0.05) is 96.7 Å². The maximum Gasteiger partial charge on any atom is 0.216 e. The Morgan fingerprint density at radius 1 is 0.542 bits per heavy atom. The van der Waals surface area contributed by atoms with Crippen LogP contribution in [0, 0.1) is 26.0 Å². The van der Waals surface area contributed by atoms with E-state index in [9.17, 15) is 9.59 Å². The van der Waals surface area contributed by atoms with Crippen LogP contribution in [0.15, 0.2) is 160 Å². The van der Waals surface area contributed by atoms with Crippen molar-refractivity contribution in [1.82, 2.24) is 19.9 Å². The summed E-state index contributed by atoms with van der Waals surface area (Å²) >= 11 is 3.59. The number of aliphatic hydroxyl groups excluding tert-OH is 2. The first-order chi connectivity index (χ1) is 38.7. The second kappa shape index (κ2) is 27.4. The molecule has 0 aliphatic rings. The number of allylic oxidation sites excluding steroid dienone is 4. The van der Waals surface area contributed by atoms with Crippen LogP contribution in [-0.4, -0.2) is 41.7 Å². The molecule has 0 saturated heterocycles. The molecule has 0 aliphatic heterocycles. The number of aryl methyl sites for hydroxylation is 2. The number of aromatic nitrogens is 4. The van der Waals surface area contributed by atoms with E-state index >= 15 is 0 Å². The fourth-order valence-electron chi connectivity index (χ4n) is 9.70. The Morgan fingerprint density at radius 2 is 0.976 bits per heavy atom. The maximum atomic E-state index is 10.0. The van der Waals surface area contributed by atoms with E-state index in [1.165, 1.54) is 97.6 Å². The van der Waals surface area contributed by atoms with Gasteiger partial charge in [-0.05, 0) is 146 Å². The van der Waals surface area contributed by atoms with E-state index in [2.05, 4.69) is 143 Å². The van der Waals surface area contributed by atoms with Gasteiger partial charge in [-0.3, -0.25) is 9.59 Å². The molecule has 0 bridgehead atoms. The number of pyridine rings is 4. The van der Waals surface area contributed by atoms with Crippen molar-refractivity contribution in [2.24, 2.45) is 0 Å². The molecule has 428 valence electrons. The van der Waals surface area contributed by atoms with Crippen molar-refractivity contribution >= 4 is 98.6 Å².